The van der Waals surface area contributed by atoms with Gasteiger partial charge in [0, 0.05) is 5.54 Å². The molecule has 0 aromatic rings. The molecule has 0 bridgehead atoms. The van der Waals surface area contributed by atoms with Crippen molar-refractivity contribution in [1.82, 2.24) is 4.90 Å². The van der Waals surface area contributed by atoms with E-state index in [1.165, 1.54) is 225 Å². The maximum Gasteiger partial charge on any atom is 0.0153 e. The fraction of sp³-hybridized carbons (Fsp3) is 1.00. The van der Waals surface area contributed by atoms with Gasteiger partial charge < -0.3 is 0 Å². The zero-order chi connectivity index (χ0) is 30.8. The summed E-state index contributed by atoms with van der Waals surface area (Å²) < 4.78 is 0. The lowest BCUT2D eigenvalue weighted by Crippen LogP contribution is -2.45. The molecule has 0 aliphatic heterocycles. The molecule has 0 aliphatic rings. The first-order valence-corrected chi connectivity index (χ1v) is 20.3. The van der Waals surface area contributed by atoms with Crippen LogP contribution in [0.1, 0.15) is 247 Å². The van der Waals surface area contributed by atoms with Gasteiger partial charge in [-0.05, 0) is 46.2 Å². The Balaban J connectivity index is 3.81. The molecule has 0 heterocycles. The minimum absolute atomic E-state index is 0.377. The molecule has 1 nitrogen and oxygen atoms in total. The van der Waals surface area contributed by atoms with Crippen molar-refractivity contribution in [2.75, 3.05) is 13.1 Å². The highest BCUT2D eigenvalue weighted by Crippen LogP contribution is 2.24. The van der Waals surface area contributed by atoms with Crippen LogP contribution in [0.5, 0.6) is 0 Å². The molecule has 0 aromatic heterocycles. The third kappa shape index (κ3) is 30.0. The van der Waals surface area contributed by atoms with Crippen molar-refractivity contribution in [3.63, 3.8) is 0 Å². The van der Waals surface area contributed by atoms with E-state index in [0.29, 0.717) is 5.54 Å². The number of hydrogen-bond acceptors (Lipinski definition) is 1. The Morgan fingerprint density at radius 3 is 0.738 bits per heavy atom. The standard InChI is InChI=1S/C41H85N/c1-6-9-12-14-16-18-20-22-24-26-28-30-32-34-36-39-42(41(4,5)38-11-8-3)40-37-35-33-31-29-27-25-23-21-19-17-15-13-10-7-2/h6-40H2,1-5H3. The molecule has 0 saturated heterocycles. The van der Waals surface area contributed by atoms with Crippen LogP contribution in [-0.4, -0.2) is 23.5 Å². The van der Waals surface area contributed by atoms with Crippen LogP contribution in [0.3, 0.4) is 0 Å². The lowest BCUT2D eigenvalue weighted by molar-refractivity contribution is 0.103. The molecule has 0 saturated carbocycles. The summed E-state index contributed by atoms with van der Waals surface area (Å²) in [5, 5.41) is 0. The molecule has 254 valence electrons. The minimum Gasteiger partial charge on any atom is -0.298 e. The second-order valence-corrected chi connectivity index (χ2v) is 14.8. The predicted molar refractivity (Wildman–Crippen MR) is 195 cm³/mol. The van der Waals surface area contributed by atoms with Crippen LogP contribution < -0.4 is 0 Å². The van der Waals surface area contributed by atoms with E-state index in [0.717, 1.165) is 0 Å². The largest absolute Gasteiger partial charge is 0.298 e. The Bertz CT molecular complexity index is 449. The number of hydrogen-bond donors (Lipinski definition) is 0. The number of rotatable bonds is 36. The van der Waals surface area contributed by atoms with Gasteiger partial charge in [0.1, 0.15) is 0 Å². The van der Waals surface area contributed by atoms with Crippen molar-refractivity contribution < 1.29 is 0 Å². The molecule has 0 N–H and O–H groups in total. The Labute approximate surface area is 269 Å². The van der Waals surface area contributed by atoms with Crippen LogP contribution in [0.2, 0.25) is 0 Å². The monoisotopic (exact) mass is 592 g/mol. The van der Waals surface area contributed by atoms with Gasteiger partial charge in [-0.2, -0.15) is 0 Å². The van der Waals surface area contributed by atoms with Gasteiger partial charge in [0.05, 0.1) is 0 Å². The first kappa shape index (κ1) is 42.0. The maximum atomic E-state index is 2.88. The average molecular weight is 592 g/mol. The Morgan fingerprint density at radius 1 is 0.286 bits per heavy atom. The number of nitrogens with zero attached hydrogens (tertiary/aromatic N) is 1. The second kappa shape index (κ2) is 33.8. The van der Waals surface area contributed by atoms with Crippen LogP contribution in [0.4, 0.5) is 0 Å². The summed E-state index contributed by atoms with van der Waals surface area (Å²) in [6.45, 7) is 14.7. The first-order valence-electron chi connectivity index (χ1n) is 20.3. The third-order valence-electron chi connectivity index (χ3n) is 10.1. The summed E-state index contributed by atoms with van der Waals surface area (Å²) in [6, 6.07) is 0. The van der Waals surface area contributed by atoms with Gasteiger partial charge in [-0.25, -0.2) is 0 Å². The smallest absolute Gasteiger partial charge is 0.0153 e. The zero-order valence-electron chi connectivity index (χ0n) is 30.7. The molecule has 0 spiro atoms. The fourth-order valence-electron chi connectivity index (χ4n) is 6.83. The topological polar surface area (TPSA) is 3.24 Å². The highest BCUT2D eigenvalue weighted by molar-refractivity contribution is 4.81. The van der Waals surface area contributed by atoms with Gasteiger partial charge in [0.15, 0.2) is 0 Å². The van der Waals surface area contributed by atoms with Gasteiger partial charge in [-0.3, -0.25) is 4.90 Å². The van der Waals surface area contributed by atoms with Gasteiger partial charge >= 0.3 is 0 Å². The van der Waals surface area contributed by atoms with Gasteiger partial charge in [0.25, 0.3) is 0 Å². The summed E-state index contributed by atoms with van der Waals surface area (Å²) in [6.07, 6.45) is 47.8. The summed E-state index contributed by atoms with van der Waals surface area (Å²) in [5.74, 6) is 0. The normalized spacial score (nSPS) is 12.1. The van der Waals surface area contributed by atoms with Crippen LogP contribution in [0.15, 0.2) is 0 Å². The lowest BCUT2D eigenvalue weighted by atomic mass is 9.94. The van der Waals surface area contributed by atoms with Crippen molar-refractivity contribution in [3.05, 3.63) is 0 Å². The van der Waals surface area contributed by atoms with Crippen molar-refractivity contribution in [2.45, 2.75) is 252 Å². The minimum atomic E-state index is 0.377. The maximum absolute atomic E-state index is 2.88. The fourth-order valence-corrected chi connectivity index (χ4v) is 6.83. The van der Waals surface area contributed by atoms with E-state index < -0.39 is 0 Å². The van der Waals surface area contributed by atoms with Crippen molar-refractivity contribution >= 4 is 0 Å². The van der Waals surface area contributed by atoms with Crippen molar-refractivity contribution in [1.29, 1.82) is 0 Å². The SMILES string of the molecule is CCCCCCCCCCCCCCCCCN(CCCCCCCCCCCCCCCCC)C(C)(C)CCCC. The Kier molecular flexibility index (Phi) is 33.8. The van der Waals surface area contributed by atoms with Crippen molar-refractivity contribution in [2.24, 2.45) is 0 Å². The van der Waals surface area contributed by atoms with E-state index in [9.17, 15) is 0 Å². The van der Waals surface area contributed by atoms with E-state index in [-0.39, 0.29) is 0 Å². The average Bonchev–Trinajstić information content (AvgIpc) is 2.98. The molecule has 0 atom stereocenters. The van der Waals surface area contributed by atoms with Gasteiger partial charge in [-0.15, -0.1) is 0 Å². The molecule has 0 aromatic carbocycles. The Morgan fingerprint density at radius 2 is 0.500 bits per heavy atom. The zero-order valence-corrected chi connectivity index (χ0v) is 30.7. The van der Waals surface area contributed by atoms with E-state index in [4.69, 9.17) is 0 Å². The molecule has 0 radical (unpaired) electrons. The van der Waals surface area contributed by atoms with E-state index in [2.05, 4.69) is 39.5 Å². The molecule has 42 heavy (non-hydrogen) atoms. The highest BCUT2D eigenvalue weighted by atomic mass is 15.2. The van der Waals surface area contributed by atoms with Gasteiger partial charge in [0.2, 0.25) is 0 Å². The van der Waals surface area contributed by atoms with Crippen molar-refractivity contribution in [3.8, 4) is 0 Å². The first-order chi connectivity index (χ1) is 20.6. The van der Waals surface area contributed by atoms with E-state index >= 15 is 0 Å². The molecule has 0 aliphatic carbocycles. The second-order valence-electron chi connectivity index (χ2n) is 14.8. The summed E-state index contributed by atoms with van der Waals surface area (Å²) in [5.41, 5.74) is 0.377. The predicted octanol–water partition coefficient (Wildman–Crippen LogP) is 15.0. The van der Waals surface area contributed by atoms with Crippen LogP contribution >= 0.6 is 0 Å². The van der Waals surface area contributed by atoms with Crippen LogP contribution in [0, 0.1) is 0 Å². The number of unbranched alkanes of at least 4 members (excludes halogenated alkanes) is 29. The van der Waals surface area contributed by atoms with E-state index in [1.807, 2.05) is 0 Å². The molecule has 0 unspecified atom stereocenters. The highest BCUT2D eigenvalue weighted by Gasteiger charge is 2.25. The summed E-state index contributed by atoms with van der Waals surface area (Å²) >= 11 is 0. The Hall–Kier alpha value is -0.0400. The lowest BCUT2D eigenvalue weighted by Gasteiger charge is -2.39. The summed E-state index contributed by atoms with van der Waals surface area (Å²) in [4.78, 5) is 2.88. The molecule has 1 heteroatoms. The molecular weight excluding hydrogens is 506 g/mol. The molecule has 0 fully saturated rings. The third-order valence-corrected chi connectivity index (χ3v) is 10.1. The van der Waals surface area contributed by atoms with Gasteiger partial charge in [-0.1, -0.05) is 213 Å². The summed E-state index contributed by atoms with van der Waals surface area (Å²) in [7, 11) is 0. The molecule has 0 amide bonds. The molecule has 0 rings (SSSR count). The van der Waals surface area contributed by atoms with Crippen LogP contribution in [0.25, 0.3) is 0 Å². The molecular formula is C41H85N. The quantitative estimate of drug-likeness (QED) is 0.0655. The van der Waals surface area contributed by atoms with E-state index in [1.54, 1.807) is 0 Å². The van der Waals surface area contributed by atoms with Crippen LogP contribution in [-0.2, 0) is 0 Å².